The van der Waals surface area contributed by atoms with E-state index in [1.54, 1.807) is 27.0 Å². The molecule has 0 unspecified atom stereocenters. The molecular weight excluding hydrogens is 296 g/mol. The van der Waals surface area contributed by atoms with Crippen LogP contribution in [-0.4, -0.2) is 19.7 Å². The number of carbonyl (C=O) groups excluding carboxylic acids is 1. The summed E-state index contributed by atoms with van der Waals surface area (Å²) in [5, 5.41) is 0. The molecular formula is C14H17BrO3. The Balaban J connectivity index is 3.14. The predicted molar refractivity (Wildman–Crippen MR) is 75.7 cm³/mol. The average Bonchev–Trinajstić information content (AvgIpc) is 2.33. The van der Waals surface area contributed by atoms with Crippen LogP contribution in [-0.2, 0) is 9.53 Å². The van der Waals surface area contributed by atoms with Crippen LogP contribution in [0.15, 0.2) is 22.2 Å². The van der Waals surface area contributed by atoms with Crippen LogP contribution in [0.1, 0.15) is 25.0 Å². The van der Waals surface area contributed by atoms with Crippen molar-refractivity contribution in [3.05, 3.63) is 33.3 Å². The Labute approximate surface area is 116 Å². The lowest BCUT2D eigenvalue weighted by molar-refractivity contribution is -0.138. The first kappa shape index (κ1) is 14.8. The molecule has 18 heavy (non-hydrogen) atoms. The summed E-state index contributed by atoms with van der Waals surface area (Å²) in [6.07, 6.45) is 1.79. The van der Waals surface area contributed by atoms with E-state index >= 15 is 0 Å². The van der Waals surface area contributed by atoms with Crippen molar-refractivity contribution in [1.82, 2.24) is 0 Å². The molecule has 0 saturated carbocycles. The predicted octanol–water partition coefficient (Wildman–Crippen LogP) is 3.73. The highest BCUT2D eigenvalue weighted by Gasteiger charge is 2.09. The highest BCUT2D eigenvalue weighted by atomic mass is 79.9. The van der Waals surface area contributed by atoms with Gasteiger partial charge in [0.15, 0.2) is 0 Å². The summed E-state index contributed by atoms with van der Waals surface area (Å²) in [5.74, 6) is 0.447. The zero-order valence-electron chi connectivity index (χ0n) is 11.0. The standard InChI is InChI=1S/C14H17BrO3/c1-5-18-14(16)10(3)8-11-6-9(2)7-12(17-4)13(11)15/h6-8H,5H2,1-4H3/b10-8+. The summed E-state index contributed by atoms with van der Waals surface area (Å²) in [6.45, 7) is 5.88. The van der Waals surface area contributed by atoms with Gasteiger partial charge in [-0.15, -0.1) is 0 Å². The van der Waals surface area contributed by atoms with E-state index < -0.39 is 0 Å². The molecule has 1 aromatic rings. The summed E-state index contributed by atoms with van der Waals surface area (Å²) in [5.41, 5.74) is 2.53. The third-order valence-corrected chi connectivity index (χ3v) is 3.25. The Bertz CT molecular complexity index is 478. The molecule has 0 radical (unpaired) electrons. The minimum Gasteiger partial charge on any atom is -0.496 e. The largest absolute Gasteiger partial charge is 0.496 e. The molecule has 0 aliphatic carbocycles. The van der Waals surface area contributed by atoms with Gasteiger partial charge >= 0.3 is 5.97 Å². The van der Waals surface area contributed by atoms with Crippen molar-refractivity contribution in [3.8, 4) is 5.75 Å². The average molecular weight is 313 g/mol. The lowest BCUT2D eigenvalue weighted by Crippen LogP contribution is -2.05. The van der Waals surface area contributed by atoms with E-state index in [9.17, 15) is 4.79 Å². The molecule has 3 nitrogen and oxygen atoms in total. The van der Waals surface area contributed by atoms with Crippen molar-refractivity contribution >= 4 is 28.0 Å². The van der Waals surface area contributed by atoms with Crippen LogP contribution >= 0.6 is 15.9 Å². The van der Waals surface area contributed by atoms with Gasteiger partial charge < -0.3 is 9.47 Å². The quantitative estimate of drug-likeness (QED) is 0.627. The lowest BCUT2D eigenvalue weighted by Gasteiger charge is -2.09. The molecule has 1 aromatic carbocycles. The number of carbonyl (C=O) groups is 1. The molecule has 0 aromatic heterocycles. The normalized spacial score (nSPS) is 11.3. The number of aryl methyl sites for hydroxylation is 1. The van der Waals surface area contributed by atoms with Gasteiger partial charge in [0.05, 0.1) is 18.2 Å². The van der Waals surface area contributed by atoms with Crippen molar-refractivity contribution < 1.29 is 14.3 Å². The van der Waals surface area contributed by atoms with Crippen LogP contribution in [0.5, 0.6) is 5.75 Å². The van der Waals surface area contributed by atoms with E-state index in [0.717, 1.165) is 21.3 Å². The summed E-state index contributed by atoms with van der Waals surface area (Å²) in [7, 11) is 1.62. The smallest absolute Gasteiger partial charge is 0.333 e. The Hall–Kier alpha value is -1.29. The molecule has 0 N–H and O–H groups in total. The number of methoxy groups -OCH3 is 1. The molecule has 1 rings (SSSR count). The number of hydrogen-bond acceptors (Lipinski definition) is 3. The summed E-state index contributed by atoms with van der Waals surface area (Å²) in [6, 6.07) is 3.91. The van der Waals surface area contributed by atoms with Crippen molar-refractivity contribution in [1.29, 1.82) is 0 Å². The monoisotopic (exact) mass is 312 g/mol. The maximum atomic E-state index is 11.6. The van der Waals surface area contributed by atoms with Crippen molar-refractivity contribution in [2.24, 2.45) is 0 Å². The Morgan fingerprint density at radius 1 is 1.44 bits per heavy atom. The number of esters is 1. The van der Waals surface area contributed by atoms with Crippen molar-refractivity contribution in [3.63, 3.8) is 0 Å². The number of rotatable bonds is 4. The molecule has 0 atom stereocenters. The van der Waals surface area contributed by atoms with Gasteiger partial charge in [0, 0.05) is 5.57 Å². The fourth-order valence-electron chi connectivity index (χ4n) is 1.55. The van der Waals surface area contributed by atoms with Gasteiger partial charge in [-0.3, -0.25) is 0 Å². The first-order valence-electron chi connectivity index (χ1n) is 5.69. The third-order valence-electron chi connectivity index (χ3n) is 2.40. The van der Waals surface area contributed by atoms with Gasteiger partial charge in [0.1, 0.15) is 5.75 Å². The maximum Gasteiger partial charge on any atom is 0.333 e. The second-order valence-electron chi connectivity index (χ2n) is 3.92. The summed E-state index contributed by atoms with van der Waals surface area (Å²) in [4.78, 5) is 11.6. The van der Waals surface area contributed by atoms with E-state index in [-0.39, 0.29) is 5.97 Å². The van der Waals surface area contributed by atoms with Crippen LogP contribution in [0.4, 0.5) is 0 Å². The zero-order valence-corrected chi connectivity index (χ0v) is 12.6. The SMILES string of the molecule is CCOC(=O)/C(C)=C/c1cc(C)cc(OC)c1Br. The van der Waals surface area contributed by atoms with Gasteiger partial charge in [-0.05, 0) is 60.0 Å². The van der Waals surface area contributed by atoms with Gasteiger partial charge in [0.25, 0.3) is 0 Å². The second kappa shape index (κ2) is 6.59. The Morgan fingerprint density at radius 2 is 2.11 bits per heavy atom. The van der Waals surface area contributed by atoms with Crippen molar-refractivity contribution in [2.75, 3.05) is 13.7 Å². The molecule has 0 spiro atoms. The van der Waals surface area contributed by atoms with Crippen LogP contribution in [0.25, 0.3) is 6.08 Å². The maximum absolute atomic E-state index is 11.6. The summed E-state index contributed by atoms with van der Waals surface area (Å²) >= 11 is 3.47. The lowest BCUT2D eigenvalue weighted by atomic mass is 10.1. The molecule has 4 heteroatoms. The number of ether oxygens (including phenoxy) is 2. The van der Waals surface area contributed by atoms with E-state index in [2.05, 4.69) is 15.9 Å². The Morgan fingerprint density at radius 3 is 2.67 bits per heavy atom. The topological polar surface area (TPSA) is 35.5 Å². The summed E-state index contributed by atoms with van der Waals surface area (Å²) < 4.78 is 11.0. The van der Waals surface area contributed by atoms with Crippen molar-refractivity contribution in [2.45, 2.75) is 20.8 Å². The fraction of sp³-hybridized carbons (Fsp3) is 0.357. The molecule has 0 saturated heterocycles. The van der Waals surface area contributed by atoms with Crippen LogP contribution in [0, 0.1) is 6.92 Å². The number of hydrogen-bond donors (Lipinski definition) is 0. The molecule has 0 bridgehead atoms. The van der Waals surface area contributed by atoms with Gasteiger partial charge in [-0.2, -0.15) is 0 Å². The fourth-order valence-corrected chi connectivity index (χ4v) is 2.06. The first-order chi connectivity index (χ1) is 8.49. The number of benzene rings is 1. The second-order valence-corrected chi connectivity index (χ2v) is 4.71. The van der Waals surface area contributed by atoms with E-state index in [1.807, 2.05) is 19.1 Å². The van der Waals surface area contributed by atoms with E-state index in [1.165, 1.54) is 0 Å². The molecule has 0 fully saturated rings. The van der Waals surface area contributed by atoms with Crippen LogP contribution in [0.2, 0.25) is 0 Å². The minimum atomic E-state index is -0.301. The first-order valence-corrected chi connectivity index (χ1v) is 6.48. The number of halogens is 1. The van der Waals surface area contributed by atoms with Gasteiger partial charge in [-0.1, -0.05) is 6.07 Å². The van der Waals surface area contributed by atoms with Crippen LogP contribution < -0.4 is 4.74 Å². The van der Waals surface area contributed by atoms with Gasteiger partial charge in [0.2, 0.25) is 0 Å². The molecule has 0 aliphatic heterocycles. The minimum absolute atomic E-state index is 0.301. The third kappa shape index (κ3) is 3.60. The van der Waals surface area contributed by atoms with E-state index in [4.69, 9.17) is 9.47 Å². The van der Waals surface area contributed by atoms with Gasteiger partial charge in [-0.25, -0.2) is 4.79 Å². The van der Waals surface area contributed by atoms with E-state index in [0.29, 0.717) is 12.2 Å². The molecule has 0 aliphatic rings. The Kier molecular flexibility index (Phi) is 5.41. The zero-order chi connectivity index (χ0) is 13.7. The molecule has 98 valence electrons. The molecule has 0 amide bonds. The highest BCUT2D eigenvalue weighted by Crippen LogP contribution is 2.31. The highest BCUT2D eigenvalue weighted by molar-refractivity contribution is 9.10. The van der Waals surface area contributed by atoms with Crippen LogP contribution in [0.3, 0.4) is 0 Å². The molecule has 0 heterocycles.